The molecule has 2 unspecified atom stereocenters. The van der Waals surface area contributed by atoms with E-state index in [2.05, 4.69) is 30.9 Å². The molecular weight excluding hydrogens is 391 g/mol. The van der Waals surface area contributed by atoms with Crippen LogP contribution in [0.15, 0.2) is 29.9 Å². The van der Waals surface area contributed by atoms with E-state index in [1.165, 1.54) is 17.4 Å². The molecule has 0 spiro atoms. The number of rotatable bonds is 7. The van der Waals surface area contributed by atoms with Gasteiger partial charge in [0.25, 0.3) is 5.91 Å². The molecule has 1 aliphatic heterocycles. The average Bonchev–Trinajstić information content (AvgIpc) is 3.39. The Morgan fingerprint density at radius 2 is 2.31 bits per heavy atom. The standard InChI is InChI=1S/C20H23FN6OS/c1-12(14-8-15(21)11-23-10-14)25-20-26-16-4-7-29-18(16)17(27-20)19(28)24-6-3-13-2-5-22-9-13/h4,7-8,10-13,22H,2-3,5-6,9H2,1H3,(H,24,28)(H,25,26,27). The number of amides is 1. The maximum atomic E-state index is 13.5. The SMILES string of the molecule is CC(Nc1nc(C(=O)NCCC2CCNC2)c2sccc2n1)c1cncc(F)c1. The number of nitrogens with zero attached hydrogens (tertiary/aromatic N) is 3. The quantitative estimate of drug-likeness (QED) is 0.550. The van der Waals surface area contributed by atoms with E-state index < -0.39 is 5.82 Å². The number of hydrogen-bond acceptors (Lipinski definition) is 7. The highest BCUT2D eigenvalue weighted by atomic mass is 32.1. The van der Waals surface area contributed by atoms with Crippen molar-refractivity contribution < 1.29 is 9.18 Å². The summed E-state index contributed by atoms with van der Waals surface area (Å²) in [6.07, 6.45) is 4.86. The summed E-state index contributed by atoms with van der Waals surface area (Å²) in [4.78, 5) is 25.6. The molecule has 3 N–H and O–H groups in total. The molecule has 0 saturated carbocycles. The van der Waals surface area contributed by atoms with Crippen LogP contribution in [0.5, 0.6) is 0 Å². The summed E-state index contributed by atoms with van der Waals surface area (Å²) < 4.78 is 14.2. The van der Waals surface area contributed by atoms with Crippen LogP contribution in [0.4, 0.5) is 10.3 Å². The van der Waals surface area contributed by atoms with Gasteiger partial charge in [-0.3, -0.25) is 9.78 Å². The van der Waals surface area contributed by atoms with Gasteiger partial charge in [0.2, 0.25) is 5.95 Å². The molecule has 9 heteroatoms. The Balaban J connectivity index is 1.49. The Bertz CT molecular complexity index is 1000. The summed E-state index contributed by atoms with van der Waals surface area (Å²) in [6.45, 7) is 4.55. The predicted octanol–water partition coefficient (Wildman–Crippen LogP) is 3.13. The molecule has 7 nitrogen and oxygen atoms in total. The molecule has 4 rings (SSSR count). The topological polar surface area (TPSA) is 91.8 Å². The second-order valence-electron chi connectivity index (χ2n) is 7.24. The lowest BCUT2D eigenvalue weighted by Crippen LogP contribution is -2.27. The van der Waals surface area contributed by atoms with Gasteiger partial charge in [0.1, 0.15) is 5.82 Å². The zero-order valence-corrected chi connectivity index (χ0v) is 16.9. The van der Waals surface area contributed by atoms with Gasteiger partial charge in [0.15, 0.2) is 5.69 Å². The van der Waals surface area contributed by atoms with Crippen molar-refractivity contribution in [3.8, 4) is 0 Å². The number of fused-ring (bicyclic) bond motifs is 1. The Labute approximate surface area is 172 Å². The Hall–Kier alpha value is -2.65. The molecule has 0 aliphatic carbocycles. The molecule has 152 valence electrons. The highest BCUT2D eigenvalue weighted by Gasteiger charge is 2.19. The van der Waals surface area contributed by atoms with Crippen molar-refractivity contribution in [2.45, 2.75) is 25.8 Å². The van der Waals surface area contributed by atoms with Gasteiger partial charge >= 0.3 is 0 Å². The Kier molecular flexibility index (Phi) is 5.96. The summed E-state index contributed by atoms with van der Waals surface area (Å²) in [5.74, 6) is 0.343. The first kappa shape index (κ1) is 19.7. The average molecular weight is 415 g/mol. The van der Waals surface area contributed by atoms with Crippen LogP contribution < -0.4 is 16.0 Å². The van der Waals surface area contributed by atoms with E-state index in [0.717, 1.165) is 36.8 Å². The maximum Gasteiger partial charge on any atom is 0.271 e. The second-order valence-corrected chi connectivity index (χ2v) is 8.15. The molecule has 1 amide bonds. The number of nitrogens with one attached hydrogen (secondary N) is 3. The van der Waals surface area contributed by atoms with E-state index in [1.807, 2.05) is 18.4 Å². The first-order chi connectivity index (χ1) is 14.1. The van der Waals surface area contributed by atoms with E-state index >= 15 is 0 Å². The number of anilines is 1. The van der Waals surface area contributed by atoms with E-state index in [1.54, 1.807) is 6.20 Å². The van der Waals surface area contributed by atoms with Gasteiger partial charge in [0, 0.05) is 12.7 Å². The van der Waals surface area contributed by atoms with Gasteiger partial charge in [-0.2, -0.15) is 0 Å². The van der Waals surface area contributed by atoms with Crippen LogP contribution in [0.1, 0.15) is 41.9 Å². The highest BCUT2D eigenvalue weighted by Crippen LogP contribution is 2.25. The minimum absolute atomic E-state index is 0.200. The largest absolute Gasteiger partial charge is 0.351 e. The summed E-state index contributed by atoms with van der Waals surface area (Å²) in [5.41, 5.74) is 1.75. The fraction of sp³-hybridized carbons (Fsp3) is 0.400. The first-order valence-corrected chi connectivity index (χ1v) is 10.6. The smallest absolute Gasteiger partial charge is 0.271 e. The minimum Gasteiger partial charge on any atom is -0.351 e. The number of carbonyl (C=O) groups excluding carboxylic acids is 1. The fourth-order valence-corrected chi connectivity index (χ4v) is 4.28. The van der Waals surface area contributed by atoms with Crippen LogP contribution in [0.2, 0.25) is 0 Å². The van der Waals surface area contributed by atoms with Gasteiger partial charge < -0.3 is 16.0 Å². The number of halogens is 1. The van der Waals surface area contributed by atoms with Crippen molar-refractivity contribution >= 4 is 33.4 Å². The van der Waals surface area contributed by atoms with Crippen molar-refractivity contribution in [3.63, 3.8) is 0 Å². The highest BCUT2D eigenvalue weighted by molar-refractivity contribution is 7.17. The zero-order chi connectivity index (χ0) is 20.2. The van der Waals surface area contributed by atoms with Gasteiger partial charge in [-0.25, -0.2) is 14.4 Å². The molecular formula is C20H23FN6OS. The summed E-state index contributed by atoms with van der Waals surface area (Å²) in [6, 6.07) is 3.02. The van der Waals surface area contributed by atoms with Crippen molar-refractivity contribution in [1.82, 2.24) is 25.6 Å². The third-order valence-electron chi connectivity index (χ3n) is 5.09. The number of hydrogen-bond donors (Lipinski definition) is 3. The minimum atomic E-state index is -0.400. The van der Waals surface area contributed by atoms with Crippen LogP contribution in [-0.2, 0) is 0 Å². The maximum absolute atomic E-state index is 13.5. The lowest BCUT2D eigenvalue weighted by Gasteiger charge is -2.15. The molecule has 3 aromatic heterocycles. The van der Waals surface area contributed by atoms with Gasteiger partial charge in [-0.05, 0) is 61.8 Å². The first-order valence-electron chi connectivity index (χ1n) is 9.71. The molecule has 2 atom stereocenters. The predicted molar refractivity (Wildman–Crippen MR) is 112 cm³/mol. The zero-order valence-electron chi connectivity index (χ0n) is 16.1. The van der Waals surface area contributed by atoms with Crippen LogP contribution >= 0.6 is 11.3 Å². The number of carbonyl (C=O) groups is 1. The van der Waals surface area contributed by atoms with Gasteiger partial charge in [0.05, 0.1) is 22.5 Å². The molecule has 1 fully saturated rings. The third-order valence-corrected chi connectivity index (χ3v) is 6.00. The van der Waals surface area contributed by atoms with Crippen molar-refractivity contribution in [2.75, 3.05) is 25.0 Å². The Morgan fingerprint density at radius 3 is 3.10 bits per heavy atom. The monoisotopic (exact) mass is 414 g/mol. The molecule has 0 radical (unpaired) electrons. The van der Waals surface area contributed by atoms with Crippen LogP contribution in [0.25, 0.3) is 10.2 Å². The number of pyridine rings is 1. The van der Waals surface area contributed by atoms with Crippen molar-refractivity contribution in [1.29, 1.82) is 0 Å². The van der Waals surface area contributed by atoms with Crippen molar-refractivity contribution in [3.05, 3.63) is 47.0 Å². The van der Waals surface area contributed by atoms with E-state index in [0.29, 0.717) is 35.2 Å². The lowest BCUT2D eigenvalue weighted by atomic mass is 10.1. The molecule has 1 aliphatic rings. The normalized spacial score (nSPS) is 17.4. The second kappa shape index (κ2) is 8.79. The molecule has 3 aromatic rings. The lowest BCUT2D eigenvalue weighted by molar-refractivity contribution is 0.0948. The molecule has 0 aromatic carbocycles. The Morgan fingerprint density at radius 1 is 1.41 bits per heavy atom. The van der Waals surface area contributed by atoms with Crippen LogP contribution in [0.3, 0.4) is 0 Å². The van der Waals surface area contributed by atoms with Crippen LogP contribution in [-0.4, -0.2) is 40.5 Å². The molecule has 0 bridgehead atoms. The summed E-state index contributed by atoms with van der Waals surface area (Å²) in [7, 11) is 0. The van der Waals surface area contributed by atoms with E-state index in [9.17, 15) is 9.18 Å². The molecule has 4 heterocycles. The number of aromatic nitrogens is 3. The summed E-state index contributed by atoms with van der Waals surface area (Å²) >= 11 is 1.44. The third kappa shape index (κ3) is 4.68. The van der Waals surface area contributed by atoms with Crippen molar-refractivity contribution in [2.24, 2.45) is 5.92 Å². The fourth-order valence-electron chi connectivity index (χ4n) is 3.46. The van der Waals surface area contributed by atoms with E-state index in [4.69, 9.17) is 0 Å². The molecule has 29 heavy (non-hydrogen) atoms. The van der Waals surface area contributed by atoms with Gasteiger partial charge in [-0.15, -0.1) is 11.3 Å². The molecule has 1 saturated heterocycles. The number of thiophene rings is 1. The van der Waals surface area contributed by atoms with E-state index in [-0.39, 0.29) is 11.9 Å². The van der Waals surface area contributed by atoms with Gasteiger partial charge in [-0.1, -0.05) is 0 Å². The van der Waals surface area contributed by atoms with Crippen LogP contribution in [0, 0.1) is 11.7 Å². The summed E-state index contributed by atoms with van der Waals surface area (Å²) in [5, 5.41) is 11.4.